The molecule has 0 aromatic heterocycles. The first kappa shape index (κ1) is 17.6. The van der Waals surface area contributed by atoms with Crippen LogP contribution in [-0.2, 0) is 15.5 Å². The van der Waals surface area contributed by atoms with Gasteiger partial charge in [0, 0.05) is 56.5 Å². The molecule has 0 saturated carbocycles. The van der Waals surface area contributed by atoms with Gasteiger partial charge in [0.1, 0.15) is 0 Å². The van der Waals surface area contributed by atoms with Crippen LogP contribution < -0.4 is 0 Å². The Hall–Kier alpha value is -0.750. The van der Waals surface area contributed by atoms with Crippen LogP contribution in [0.5, 0.6) is 0 Å². The Balaban J connectivity index is 1.78. The Morgan fingerprint density at radius 3 is 2.68 bits per heavy atom. The lowest BCUT2D eigenvalue weighted by Gasteiger charge is -2.41. The maximum atomic E-state index is 12.3. The highest BCUT2D eigenvalue weighted by Gasteiger charge is 2.25. The lowest BCUT2D eigenvalue weighted by molar-refractivity contribution is 0.0525. The second-order valence-electron chi connectivity index (χ2n) is 5.75. The largest absolute Gasteiger partial charge is 0.383 e. The molecule has 0 unspecified atom stereocenters. The van der Waals surface area contributed by atoms with E-state index in [2.05, 4.69) is 16.7 Å². The Morgan fingerprint density at radius 2 is 2.00 bits per heavy atom. The minimum atomic E-state index is -0.887. The number of benzene rings is 1. The van der Waals surface area contributed by atoms with Crippen molar-refractivity contribution >= 4 is 10.8 Å². The molecule has 1 fully saturated rings. The topological polar surface area (TPSA) is 32.8 Å². The predicted octanol–water partition coefficient (Wildman–Crippen LogP) is 1.84. The van der Waals surface area contributed by atoms with Gasteiger partial charge in [0.25, 0.3) is 0 Å². The molecular weight excluding hydrogens is 296 g/mol. The molecule has 1 aliphatic heterocycles. The molecule has 0 N–H and O–H groups in total. The summed E-state index contributed by atoms with van der Waals surface area (Å²) >= 11 is 0. The smallest absolute Gasteiger partial charge is 0.0589 e. The molecule has 0 aliphatic carbocycles. The molecule has 22 heavy (non-hydrogen) atoms. The summed E-state index contributed by atoms with van der Waals surface area (Å²) in [6, 6.07) is 10.4. The fraction of sp³-hybridized carbons (Fsp3) is 0.647. The van der Waals surface area contributed by atoms with Crippen LogP contribution in [0.3, 0.4) is 0 Å². The molecule has 1 saturated heterocycles. The summed E-state index contributed by atoms with van der Waals surface area (Å²) in [5.41, 5.74) is 0. The molecule has 1 aromatic carbocycles. The molecule has 4 nitrogen and oxygen atoms in total. The standard InChI is InChI=1S/C17H28N2O2S/c1-3-16-15-18(9-10-19(16)11-13-21-2)12-14-22(20)17-7-5-4-6-8-17/h4-8,16H,3,9-15H2,1-2H3/t16-,22+/m0/s1. The van der Waals surface area contributed by atoms with Crippen LogP contribution in [0, 0.1) is 0 Å². The highest BCUT2D eigenvalue weighted by Crippen LogP contribution is 2.13. The van der Waals surface area contributed by atoms with Crippen LogP contribution in [0.4, 0.5) is 0 Å². The molecule has 2 atom stereocenters. The van der Waals surface area contributed by atoms with Gasteiger partial charge in [0.05, 0.1) is 17.4 Å². The van der Waals surface area contributed by atoms with E-state index in [0.29, 0.717) is 6.04 Å². The van der Waals surface area contributed by atoms with Crippen LogP contribution in [0.25, 0.3) is 0 Å². The van der Waals surface area contributed by atoms with E-state index in [0.717, 1.165) is 56.4 Å². The highest BCUT2D eigenvalue weighted by atomic mass is 32.2. The zero-order valence-electron chi connectivity index (χ0n) is 13.7. The fourth-order valence-electron chi connectivity index (χ4n) is 2.95. The van der Waals surface area contributed by atoms with Gasteiger partial charge in [-0.15, -0.1) is 0 Å². The van der Waals surface area contributed by atoms with Crippen molar-refractivity contribution in [3.05, 3.63) is 30.3 Å². The van der Waals surface area contributed by atoms with Crippen LogP contribution in [0.15, 0.2) is 35.2 Å². The van der Waals surface area contributed by atoms with Crippen molar-refractivity contribution in [2.75, 3.05) is 52.2 Å². The lowest BCUT2D eigenvalue weighted by Crippen LogP contribution is -2.54. The van der Waals surface area contributed by atoms with E-state index < -0.39 is 10.8 Å². The molecule has 0 bridgehead atoms. The number of piperazine rings is 1. The SMILES string of the molecule is CC[C@H]1CN(CC[S@@](=O)c2ccccc2)CCN1CCOC. The van der Waals surface area contributed by atoms with Gasteiger partial charge in [-0.1, -0.05) is 25.1 Å². The first-order valence-electron chi connectivity index (χ1n) is 8.13. The van der Waals surface area contributed by atoms with Crippen molar-refractivity contribution < 1.29 is 8.95 Å². The van der Waals surface area contributed by atoms with Crippen LogP contribution >= 0.6 is 0 Å². The average molecular weight is 324 g/mol. The van der Waals surface area contributed by atoms with Crippen molar-refractivity contribution in [2.24, 2.45) is 0 Å². The number of rotatable bonds is 8. The second-order valence-corrected chi connectivity index (χ2v) is 7.32. The highest BCUT2D eigenvalue weighted by molar-refractivity contribution is 7.85. The van der Waals surface area contributed by atoms with Gasteiger partial charge in [0.2, 0.25) is 0 Å². The number of hydrogen-bond acceptors (Lipinski definition) is 4. The van der Waals surface area contributed by atoms with Crippen LogP contribution in [0.2, 0.25) is 0 Å². The first-order valence-corrected chi connectivity index (χ1v) is 9.45. The summed E-state index contributed by atoms with van der Waals surface area (Å²) in [7, 11) is 0.873. The van der Waals surface area contributed by atoms with Crippen molar-refractivity contribution in [3.8, 4) is 0 Å². The van der Waals surface area contributed by atoms with E-state index in [-0.39, 0.29) is 0 Å². The molecule has 2 rings (SSSR count). The van der Waals surface area contributed by atoms with Crippen molar-refractivity contribution in [1.29, 1.82) is 0 Å². The molecule has 5 heteroatoms. The zero-order valence-corrected chi connectivity index (χ0v) is 14.6. The van der Waals surface area contributed by atoms with Gasteiger partial charge in [-0.25, -0.2) is 0 Å². The van der Waals surface area contributed by atoms with Crippen LogP contribution in [-0.4, -0.2) is 72.2 Å². The zero-order chi connectivity index (χ0) is 15.8. The number of hydrogen-bond donors (Lipinski definition) is 0. The summed E-state index contributed by atoms with van der Waals surface area (Å²) in [5.74, 6) is 0.721. The predicted molar refractivity (Wildman–Crippen MR) is 91.7 cm³/mol. The molecule has 0 spiro atoms. The lowest BCUT2D eigenvalue weighted by atomic mass is 10.1. The first-order chi connectivity index (χ1) is 10.7. The number of ether oxygens (including phenoxy) is 1. The van der Waals surface area contributed by atoms with Gasteiger partial charge < -0.3 is 4.74 Å². The minimum absolute atomic E-state index is 0.592. The van der Waals surface area contributed by atoms with Crippen molar-refractivity contribution in [2.45, 2.75) is 24.3 Å². The van der Waals surface area contributed by atoms with Crippen LogP contribution in [0.1, 0.15) is 13.3 Å². The summed E-state index contributed by atoms with van der Waals surface area (Å²) in [6.07, 6.45) is 1.15. The van der Waals surface area contributed by atoms with Gasteiger partial charge in [0.15, 0.2) is 0 Å². The molecular formula is C17H28N2O2S. The van der Waals surface area contributed by atoms with Gasteiger partial charge >= 0.3 is 0 Å². The quantitative estimate of drug-likeness (QED) is 0.730. The van der Waals surface area contributed by atoms with E-state index in [9.17, 15) is 4.21 Å². The van der Waals surface area contributed by atoms with Gasteiger partial charge in [-0.3, -0.25) is 14.0 Å². The van der Waals surface area contributed by atoms with E-state index >= 15 is 0 Å². The third-order valence-electron chi connectivity index (χ3n) is 4.34. The minimum Gasteiger partial charge on any atom is -0.383 e. The second kappa shape index (κ2) is 9.40. The summed E-state index contributed by atoms with van der Waals surface area (Å²) in [6.45, 7) is 8.19. The Bertz CT molecular complexity index is 455. The maximum absolute atomic E-state index is 12.3. The van der Waals surface area contributed by atoms with Crippen molar-refractivity contribution in [3.63, 3.8) is 0 Å². The Labute approximate surface area is 136 Å². The third-order valence-corrected chi connectivity index (χ3v) is 5.69. The van der Waals surface area contributed by atoms with Crippen molar-refractivity contribution in [1.82, 2.24) is 9.80 Å². The Morgan fingerprint density at radius 1 is 1.23 bits per heavy atom. The van der Waals surface area contributed by atoms with E-state index in [1.54, 1.807) is 7.11 Å². The fourth-order valence-corrected chi connectivity index (χ4v) is 4.07. The number of nitrogens with zero attached hydrogens (tertiary/aromatic N) is 2. The van der Waals surface area contributed by atoms with E-state index in [1.807, 2.05) is 30.3 Å². The molecule has 0 radical (unpaired) electrons. The van der Waals surface area contributed by atoms with Gasteiger partial charge in [-0.05, 0) is 18.6 Å². The normalized spacial score (nSPS) is 21.8. The summed E-state index contributed by atoms with van der Waals surface area (Å²) in [4.78, 5) is 5.92. The Kier molecular flexibility index (Phi) is 7.52. The molecule has 124 valence electrons. The maximum Gasteiger partial charge on any atom is 0.0589 e. The molecule has 1 aromatic rings. The van der Waals surface area contributed by atoms with E-state index in [4.69, 9.17) is 4.74 Å². The molecule has 0 amide bonds. The average Bonchev–Trinajstić information content (AvgIpc) is 2.58. The van der Waals surface area contributed by atoms with Gasteiger partial charge in [-0.2, -0.15) is 0 Å². The number of methoxy groups -OCH3 is 1. The summed E-state index contributed by atoms with van der Waals surface area (Å²) in [5, 5.41) is 0. The summed E-state index contributed by atoms with van der Waals surface area (Å²) < 4.78 is 17.5. The molecule has 1 heterocycles. The third kappa shape index (κ3) is 5.16. The monoisotopic (exact) mass is 324 g/mol. The molecule has 1 aliphatic rings. The van der Waals surface area contributed by atoms with E-state index in [1.165, 1.54) is 0 Å².